The predicted octanol–water partition coefficient (Wildman–Crippen LogP) is 3.16. The van der Waals surface area contributed by atoms with Gasteiger partial charge in [-0.3, -0.25) is 9.78 Å². The molecule has 1 amide bonds. The summed E-state index contributed by atoms with van der Waals surface area (Å²) in [6, 6.07) is 11.5. The number of fused-ring (bicyclic) bond motifs is 1. The number of carbonyl (C=O) groups is 1. The number of hydrogen-bond acceptors (Lipinski definition) is 2. The van der Waals surface area contributed by atoms with E-state index in [9.17, 15) is 4.79 Å². The van der Waals surface area contributed by atoms with Gasteiger partial charge in [0.2, 0.25) is 0 Å². The minimum Gasteiger partial charge on any atom is -0.347 e. The molecule has 1 N–H and O–H groups in total. The number of aryl methyl sites for hydroxylation is 1. The highest BCUT2D eigenvalue weighted by Gasteiger charge is 2.10. The molecule has 106 valence electrons. The molecule has 3 aromatic rings. The average molecular weight is 300 g/mol. The summed E-state index contributed by atoms with van der Waals surface area (Å²) in [5, 5.41) is 4.51. The van der Waals surface area contributed by atoms with Gasteiger partial charge < -0.3 is 9.88 Å². The second-order valence-corrected chi connectivity index (χ2v) is 5.30. The highest BCUT2D eigenvalue weighted by Crippen LogP contribution is 2.14. The van der Waals surface area contributed by atoms with Gasteiger partial charge in [-0.2, -0.15) is 0 Å². The fourth-order valence-electron chi connectivity index (χ4n) is 2.26. The van der Waals surface area contributed by atoms with Crippen molar-refractivity contribution in [1.82, 2.24) is 14.9 Å². The molecule has 1 aromatic carbocycles. The number of halogens is 1. The summed E-state index contributed by atoms with van der Waals surface area (Å²) in [5.74, 6) is -0.143. The number of hydrogen-bond donors (Lipinski definition) is 1. The maximum atomic E-state index is 12.1. The van der Waals surface area contributed by atoms with Gasteiger partial charge in [-0.15, -0.1) is 0 Å². The van der Waals surface area contributed by atoms with Crippen LogP contribution in [-0.4, -0.2) is 15.5 Å². The van der Waals surface area contributed by atoms with Crippen LogP contribution in [0.3, 0.4) is 0 Å². The number of rotatable bonds is 3. The summed E-state index contributed by atoms with van der Waals surface area (Å²) in [4.78, 5) is 16.4. The Morgan fingerprint density at radius 3 is 2.95 bits per heavy atom. The van der Waals surface area contributed by atoms with Crippen molar-refractivity contribution in [3.63, 3.8) is 0 Å². The molecule has 0 aliphatic rings. The lowest BCUT2D eigenvalue weighted by Gasteiger charge is -2.07. The van der Waals surface area contributed by atoms with E-state index in [0.717, 1.165) is 16.5 Å². The van der Waals surface area contributed by atoms with Crippen LogP contribution in [0.25, 0.3) is 10.9 Å². The molecule has 4 nitrogen and oxygen atoms in total. The van der Waals surface area contributed by atoms with Crippen LogP contribution in [0.2, 0.25) is 5.02 Å². The van der Waals surface area contributed by atoms with E-state index in [1.54, 1.807) is 30.1 Å². The first kappa shape index (κ1) is 13.6. The van der Waals surface area contributed by atoms with E-state index in [0.29, 0.717) is 17.3 Å². The van der Waals surface area contributed by atoms with E-state index in [1.807, 2.05) is 30.3 Å². The van der Waals surface area contributed by atoms with E-state index in [1.165, 1.54) is 0 Å². The summed E-state index contributed by atoms with van der Waals surface area (Å²) < 4.78 is 1.71. The first-order valence-corrected chi connectivity index (χ1v) is 6.95. The van der Waals surface area contributed by atoms with Gasteiger partial charge in [0.25, 0.3) is 5.91 Å². The number of nitrogens with zero attached hydrogens (tertiary/aromatic N) is 2. The van der Waals surface area contributed by atoms with Crippen LogP contribution in [0.4, 0.5) is 0 Å². The zero-order valence-electron chi connectivity index (χ0n) is 11.5. The number of nitrogens with one attached hydrogen (secondary N) is 1. The zero-order valence-corrected chi connectivity index (χ0v) is 12.3. The summed E-state index contributed by atoms with van der Waals surface area (Å²) in [5.41, 5.74) is 2.52. The molecule has 0 atom stereocenters. The second kappa shape index (κ2) is 5.58. The van der Waals surface area contributed by atoms with Crippen LogP contribution in [0.5, 0.6) is 0 Å². The Hall–Kier alpha value is -2.33. The van der Waals surface area contributed by atoms with Gasteiger partial charge in [-0.1, -0.05) is 23.7 Å². The van der Waals surface area contributed by atoms with Crippen LogP contribution in [0.1, 0.15) is 16.1 Å². The van der Waals surface area contributed by atoms with E-state index in [-0.39, 0.29) is 5.91 Å². The molecule has 3 rings (SSSR count). The Balaban J connectivity index is 1.74. The maximum absolute atomic E-state index is 12.1. The van der Waals surface area contributed by atoms with Crippen LogP contribution in [-0.2, 0) is 13.6 Å². The van der Waals surface area contributed by atoms with Gasteiger partial charge >= 0.3 is 0 Å². The number of benzene rings is 1. The molecule has 5 heteroatoms. The Bertz CT molecular complexity index is 810. The van der Waals surface area contributed by atoms with Crippen molar-refractivity contribution >= 4 is 28.4 Å². The fourth-order valence-corrected chi connectivity index (χ4v) is 2.51. The summed E-state index contributed by atoms with van der Waals surface area (Å²) in [6.45, 7) is 0.465. The van der Waals surface area contributed by atoms with Crippen LogP contribution >= 0.6 is 11.6 Å². The van der Waals surface area contributed by atoms with Gasteiger partial charge in [0.05, 0.1) is 10.5 Å². The molecule has 0 saturated carbocycles. The Morgan fingerprint density at radius 1 is 1.33 bits per heavy atom. The molecule has 0 saturated heterocycles. The molecule has 0 spiro atoms. The third-order valence-electron chi connectivity index (χ3n) is 3.32. The summed E-state index contributed by atoms with van der Waals surface area (Å²) >= 11 is 5.88. The van der Waals surface area contributed by atoms with Crippen LogP contribution in [0, 0.1) is 0 Å². The summed E-state index contributed by atoms with van der Waals surface area (Å²) in [7, 11) is 1.79. The zero-order chi connectivity index (χ0) is 14.8. The second-order valence-electron chi connectivity index (χ2n) is 4.87. The highest BCUT2D eigenvalue weighted by atomic mass is 35.5. The lowest BCUT2D eigenvalue weighted by Crippen LogP contribution is -2.24. The SMILES string of the molecule is Cn1cc(Cl)cc1C(=O)NCc1ccc2ncccc2c1. The highest BCUT2D eigenvalue weighted by molar-refractivity contribution is 6.31. The van der Waals surface area contributed by atoms with Gasteiger partial charge in [-0.25, -0.2) is 0 Å². The van der Waals surface area contributed by atoms with Crippen LogP contribution < -0.4 is 5.32 Å². The van der Waals surface area contributed by atoms with Crippen molar-refractivity contribution in [3.05, 3.63) is 65.1 Å². The minimum atomic E-state index is -0.143. The fraction of sp³-hybridized carbons (Fsp3) is 0.125. The maximum Gasteiger partial charge on any atom is 0.268 e. The van der Waals surface area contributed by atoms with Crippen molar-refractivity contribution < 1.29 is 4.79 Å². The lowest BCUT2D eigenvalue weighted by atomic mass is 10.1. The minimum absolute atomic E-state index is 0.143. The Kier molecular flexibility index (Phi) is 3.62. The van der Waals surface area contributed by atoms with Crippen molar-refractivity contribution in [2.24, 2.45) is 7.05 Å². The Labute approximate surface area is 127 Å². The number of aromatic nitrogens is 2. The van der Waals surface area contributed by atoms with Gasteiger partial charge in [-0.05, 0) is 29.8 Å². The van der Waals surface area contributed by atoms with E-state index in [4.69, 9.17) is 11.6 Å². The molecule has 0 bridgehead atoms. The standard InChI is InChI=1S/C16H14ClN3O/c1-20-10-13(17)8-15(20)16(21)19-9-11-4-5-14-12(7-11)3-2-6-18-14/h2-8,10H,9H2,1H3,(H,19,21). The molecule has 0 unspecified atom stereocenters. The molecule has 0 aliphatic heterocycles. The van der Waals surface area contributed by atoms with Crippen LogP contribution in [0.15, 0.2) is 48.8 Å². The molecule has 0 radical (unpaired) electrons. The van der Waals surface area contributed by atoms with Crippen molar-refractivity contribution in [2.45, 2.75) is 6.54 Å². The molecular weight excluding hydrogens is 286 g/mol. The molecule has 2 heterocycles. The van der Waals surface area contributed by atoms with E-state index < -0.39 is 0 Å². The van der Waals surface area contributed by atoms with Gasteiger partial charge in [0.15, 0.2) is 0 Å². The quantitative estimate of drug-likeness (QED) is 0.807. The lowest BCUT2D eigenvalue weighted by molar-refractivity contribution is 0.0943. The predicted molar refractivity (Wildman–Crippen MR) is 83.3 cm³/mol. The van der Waals surface area contributed by atoms with Gasteiger partial charge in [0, 0.05) is 31.4 Å². The molecule has 21 heavy (non-hydrogen) atoms. The molecule has 0 fully saturated rings. The van der Waals surface area contributed by atoms with Crippen molar-refractivity contribution in [1.29, 1.82) is 0 Å². The first-order chi connectivity index (χ1) is 10.1. The summed E-state index contributed by atoms with van der Waals surface area (Å²) in [6.07, 6.45) is 3.47. The average Bonchev–Trinajstić information content (AvgIpc) is 2.83. The third kappa shape index (κ3) is 2.90. The monoisotopic (exact) mass is 299 g/mol. The molecule has 0 aliphatic carbocycles. The number of pyridine rings is 1. The first-order valence-electron chi connectivity index (χ1n) is 6.57. The smallest absolute Gasteiger partial charge is 0.268 e. The Morgan fingerprint density at radius 2 is 2.19 bits per heavy atom. The van der Waals surface area contributed by atoms with Crippen molar-refractivity contribution in [2.75, 3.05) is 0 Å². The number of amides is 1. The largest absolute Gasteiger partial charge is 0.347 e. The normalized spacial score (nSPS) is 10.8. The van der Waals surface area contributed by atoms with Crippen molar-refractivity contribution in [3.8, 4) is 0 Å². The van der Waals surface area contributed by atoms with Gasteiger partial charge in [0.1, 0.15) is 5.69 Å². The topological polar surface area (TPSA) is 46.9 Å². The molecule has 2 aromatic heterocycles. The number of carbonyl (C=O) groups excluding carboxylic acids is 1. The third-order valence-corrected chi connectivity index (χ3v) is 3.53. The molecular formula is C16H14ClN3O. The van der Waals surface area contributed by atoms with E-state index >= 15 is 0 Å². The van der Waals surface area contributed by atoms with E-state index in [2.05, 4.69) is 10.3 Å².